The van der Waals surface area contributed by atoms with E-state index in [1.807, 2.05) is 22.6 Å². The van der Waals surface area contributed by atoms with Gasteiger partial charge in [-0.15, -0.1) is 0 Å². The molecule has 1 N–H and O–H groups in total. The smallest absolute Gasteiger partial charge is 0.373 e. The molecule has 1 rings (SSSR count). The molecule has 0 fully saturated rings. The van der Waals surface area contributed by atoms with Crippen molar-refractivity contribution in [3.8, 4) is 11.5 Å². The van der Waals surface area contributed by atoms with Crippen molar-refractivity contribution in [3.63, 3.8) is 0 Å². The van der Waals surface area contributed by atoms with Crippen molar-refractivity contribution >= 4 is 40.6 Å². The number of halogens is 1. The molecule has 8 heteroatoms. The molecule has 0 aromatic heterocycles. The third-order valence-electron chi connectivity index (χ3n) is 2.73. The fraction of sp³-hybridized carbons (Fsp3) is 0.286. The highest BCUT2D eigenvalue weighted by atomic mass is 127. The van der Waals surface area contributed by atoms with Gasteiger partial charge in [-0.3, -0.25) is 0 Å². The van der Waals surface area contributed by atoms with Crippen LogP contribution >= 0.6 is 22.6 Å². The van der Waals surface area contributed by atoms with E-state index in [-0.39, 0.29) is 28.4 Å². The highest BCUT2D eigenvalue weighted by Gasteiger charge is 2.24. The van der Waals surface area contributed by atoms with Gasteiger partial charge >= 0.3 is 11.9 Å². The Hall–Kier alpha value is -1.97. The van der Waals surface area contributed by atoms with Gasteiger partial charge in [-0.1, -0.05) is 0 Å². The molecule has 0 radical (unpaired) electrons. The van der Waals surface area contributed by atoms with Crippen LogP contribution in [-0.2, 0) is 19.0 Å². The van der Waals surface area contributed by atoms with E-state index in [1.54, 1.807) is 0 Å². The van der Waals surface area contributed by atoms with Gasteiger partial charge in [0.15, 0.2) is 11.5 Å². The molecule has 22 heavy (non-hydrogen) atoms. The zero-order valence-corrected chi connectivity index (χ0v) is 14.6. The summed E-state index contributed by atoms with van der Waals surface area (Å²) in [6, 6.07) is 1.49. The second-order valence-electron chi connectivity index (χ2n) is 3.90. The number of rotatable bonds is 5. The normalized spacial score (nSPS) is 10.9. The lowest BCUT2D eigenvalue weighted by Gasteiger charge is -2.14. The maximum absolute atomic E-state index is 12.0. The van der Waals surface area contributed by atoms with Crippen LogP contribution in [0.15, 0.2) is 11.8 Å². The summed E-state index contributed by atoms with van der Waals surface area (Å²) < 4.78 is 19.7. The minimum atomic E-state index is -0.727. The first-order valence-corrected chi connectivity index (χ1v) is 7.00. The molecule has 0 unspecified atom stereocenters. The maximum Gasteiger partial charge on any atom is 0.373 e. The van der Waals surface area contributed by atoms with E-state index in [9.17, 15) is 14.7 Å². The van der Waals surface area contributed by atoms with Crippen LogP contribution in [0.2, 0.25) is 0 Å². The van der Waals surface area contributed by atoms with Crippen molar-refractivity contribution in [2.75, 3.05) is 28.4 Å². The highest BCUT2D eigenvalue weighted by Crippen LogP contribution is 2.38. The summed E-state index contributed by atoms with van der Waals surface area (Å²) in [4.78, 5) is 23.6. The lowest BCUT2D eigenvalue weighted by Crippen LogP contribution is -2.10. The molecule has 0 spiro atoms. The molecular weight excluding hydrogens is 407 g/mol. The van der Waals surface area contributed by atoms with Gasteiger partial charge in [-0.2, -0.15) is 0 Å². The Morgan fingerprint density at radius 3 is 2.23 bits per heavy atom. The maximum atomic E-state index is 12.0. The first kappa shape index (κ1) is 18.1. The van der Waals surface area contributed by atoms with Gasteiger partial charge in [0.1, 0.15) is 5.56 Å². The summed E-state index contributed by atoms with van der Waals surface area (Å²) in [5, 5.41) is 10.0. The number of carbonyl (C=O) groups is 2. The van der Waals surface area contributed by atoms with Crippen LogP contribution in [0.1, 0.15) is 15.9 Å². The van der Waals surface area contributed by atoms with Crippen LogP contribution in [-0.4, -0.2) is 45.5 Å². The van der Waals surface area contributed by atoms with Gasteiger partial charge in [0.25, 0.3) is 0 Å². The van der Waals surface area contributed by atoms with E-state index < -0.39 is 11.9 Å². The highest BCUT2D eigenvalue weighted by molar-refractivity contribution is 14.1. The SMILES string of the molecule is COC(=O)/C(=C/c1cc(I)c(O)c(OC)c1C(=O)OC)OC. The van der Waals surface area contributed by atoms with Gasteiger partial charge in [0.2, 0.25) is 5.76 Å². The van der Waals surface area contributed by atoms with E-state index in [4.69, 9.17) is 14.2 Å². The molecule has 0 saturated carbocycles. The van der Waals surface area contributed by atoms with Crippen LogP contribution in [0, 0.1) is 3.57 Å². The quantitative estimate of drug-likeness (QED) is 0.336. The van der Waals surface area contributed by atoms with E-state index in [0.29, 0.717) is 3.57 Å². The molecule has 1 aromatic carbocycles. The van der Waals surface area contributed by atoms with E-state index >= 15 is 0 Å². The Morgan fingerprint density at radius 1 is 1.14 bits per heavy atom. The van der Waals surface area contributed by atoms with Crippen LogP contribution in [0.3, 0.4) is 0 Å². The second-order valence-corrected chi connectivity index (χ2v) is 5.06. The molecule has 1 aromatic rings. The van der Waals surface area contributed by atoms with E-state index in [2.05, 4.69) is 4.74 Å². The van der Waals surface area contributed by atoms with Crippen molar-refractivity contribution in [3.05, 3.63) is 26.5 Å². The molecule has 0 aliphatic heterocycles. The minimum absolute atomic E-state index is 0.0265. The van der Waals surface area contributed by atoms with E-state index in [0.717, 1.165) is 0 Å². The molecule has 0 aliphatic rings. The zero-order valence-electron chi connectivity index (χ0n) is 12.4. The summed E-state index contributed by atoms with van der Waals surface area (Å²) in [6.45, 7) is 0. The Bertz CT molecular complexity index is 622. The number of ether oxygens (including phenoxy) is 4. The lowest BCUT2D eigenvalue weighted by atomic mass is 10.0. The molecule has 7 nitrogen and oxygen atoms in total. The Balaban J connectivity index is 3.65. The third-order valence-corrected chi connectivity index (χ3v) is 3.55. The first-order chi connectivity index (χ1) is 10.4. The number of carbonyl (C=O) groups excluding carboxylic acids is 2. The van der Waals surface area contributed by atoms with Crippen molar-refractivity contribution in [2.24, 2.45) is 0 Å². The van der Waals surface area contributed by atoms with Crippen LogP contribution in [0.4, 0.5) is 0 Å². The average molecular weight is 422 g/mol. The lowest BCUT2D eigenvalue weighted by molar-refractivity contribution is -0.139. The molecule has 120 valence electrons. The van der Waals surface area contributed by atoms with Gasteiger partial charge in [0.05, 0.1) is 32.0 Å². The Labute approximate surface area is 140 Å². The molecule has 0 atom stereocenters. The molecular formula is C14H15IO7. The molecule has 0 amide bonds. The van der Waals surface area contributed by atoms with Crippen LogP contribution in [0.5, 0.6) is 11.5 Å². The average Bonchev–Trinajstić information content (AvgIpc) is 2.53. The minimum Gasteiger partial charge on any atom is -0.504 e. The monoisotopic (exact) mass is 422 g/mol. The molecule has 0 bridgehead atoms. The number of benzene rings is 1. The van der Waals surface area contributed by atoms with Crippen molar-refractivity contribution in [1.29, 1.82) is 0 Å². The van der Waals surface area contributed by atoms with Crippen LogP contribution in [0.25, 0.3) is 6.08 Å². The summed E-state index contributed by atoms with van der Waals surface area (Å²) >= 11 is 1.87. The zero-order chi connectivity index (χ0) is 16.9. The third kappa shape index (κ3) is 3.62. The summed E-state index contributed by atoms with van der Waals surface area (Å²) in [5.74, 6) is -1.80. The number of hydrogen-bond donors (Lipinski definition) is 1. The first-order valence-electron chi connectivity index (χ1n) is 5.93. The van der Waals surface area contributed by atoms with Gasteiger partial charge < -0.3 is 24.1 Å². The van der Waals surface area contributed by atoms with Crippen molar-refractivity contribution in [1.82, 2.24) is 0 Å². The summed E-state index contributed by atoms with van der Waals surface area (Å²) in [6.07, 6.45) is 1.31. The van der Waals surface area contributed by atoms with Crippen molar-refractivity contribution in [2.45, 2.75) is 0 Å². The largest absolute Gasteiger partial charge is 0.504 e. The predicted octanol–water partition coefficient (Wildman–Crippen LogP) is 1.95. The standard InChI is InChI=1S/C14H15IO7/c1-19-9(13(17)21-3)6-7-5-8(15)11(16)12(20-2)10(7)14(18)22-4/h5-6,16H,1-4H3/b9-6-. The summed E-state index contributed by atoms with van der Waals surface area (Å²) in [5.41, 5.74) is 0.259. The van der Waals surface area contributed by atoms with Gasteiger partial charge in [-0.25, -0.2) is 9.59 Å². The number of phenols is 1. The van der Waals surface area contributed by atoms with Crippen LogP contribution < -0.4 is 4.74 Å². The number of esters is 2. The molecule has 0 aliphatic carbocycles. The fourth-order valence-electron chi connectivity index (χ4n) is 1.70. The molecule has 0 heterocycles. The number of methoxy groups -OCH3 is 4. The summed E-state index contributed by atoms with van der Waals surface area (Å²) in [7, 11) is 5.01. The fourth-order valence-corrected chi connectivity index (χ4v) is 2.28. The van der Waals surface area contributed by atoms with Crippen molar-refractivity contribution < 1.29 is 33.6 Å². The second kappa shape index (κ2) is 7.87. The number of hydrogen-bond acceptors (Lipinski definition) is 7. The number of phenolic OH excluding ortho intramolecular Hbond substituents is 1. The molecule has 0 saturated heterocycles. The Kier molecular flexibility index (Phi) is 6.47. The number of aromatic hydroxyl groups is 1. The van der Waals surface area contributed by atoms with Gasteiger partial charge in [0, 0.05) is 0 Å². The van der Waals surface area contributed by atoms with E-state index in [1.165, 1.54) is 40.6 Å². The predicted molar refractivity (Wildman–Crippen MR) is 85.7 cm³/mol. The Morgan fingerprint density at radius 2 is 1.77 bits per heavy atom. The van der Waals surface area contributed by atoms with Gasteiger partial charge in [-0.05, 0) is 40.3 Å². The topological polar surface area (TPSA) is 91.3 Å².